The van der Waals surface area contributed by atoms with Crippen molar-refractivity contribution < 1.29 is 15.0 Å². The molecule has 0 radical (unpaired) electrons. The Labute approximate surface area is 140 Å². The fraction of sp³-hybridized carbons (Fsp3) is 0.450. The molecule has 2 N–H and O–H groups in total. The van der Waals surface area contributed by atoms with Crippen molar-refractivity contribution in [3.05, 3.63) is 60.9 Å². The molecule has 0 rings (SSSR count). The van der Waals surface area contributed by atoms with E-state index < -0.39 is 5.97 Å². The molecule has 3 heteroatoms. The van der Waals surface area contributed by atoms with Gasteiger partial charge >= 0.3 is 5.97 Å². The maximum atomic E-state index is 10.3. The molecule has 0 spiro atoms. The van der Waals surface area contributed by atoms with E-state index in [-0.39, 0.29) is 0 Å². The number of unbranched alkanes of at least 4 members (excludes halogenated alkanes) is 7. The number of rotatable bonds is 14. The predicted molar refractivity (Wildman–Crippen MR) is 97.5 cm³/mol. The highest BCUT2D eigenvalue weighted by atomic mass is 16.4. The number of allylic oxidation sites excluding steroid dienone is 9. The zero-order valence-corrected chi connectivity index (χ0v) is 13.9. The molecule has 0 heterocycles. The van der Waals surface area contributed by atoms with Gasteiger partial charge < -0.3 is 10.2 Å². The van der Waals surface area contributed by atoms with Crippen LogP contribution in [0, 0.1) is 0 Å². The van der Waals surface area contributed by atoms with E-state index in [2.05, 4.69) is 12.2 Å². The molecule has 0 aliphatic heterocycles. The lowest BCUT2D eigenvalue weighted by molar-refractivity contribution is -0.137. The standard InChI is InChI=1S/C20H30O3/c21-19-17-15-13-11-9-7-5-3-1-2-4-6-8-10-12-14-16-18-20(22)23/h1,3,5,7,9,11,13,15,17,19,21H,2,4,6,8,10,12,14,16,18H2,(H,22,23). The van der Waals surface area contributed by atoms with Crippen molar-refractivity contribution in [2.45, 2.75) is 57.8 Å². The van der Waals surface area contributed by atoms with E-state index in [0.717, 1.165) is 31.9 Å². The molecule has 0 fully saturated rings. The van der Waals surface area contributed by atoms with E-state index in [1.165, 1.54) is 25.7 Å². The number of carboxylic acid groups (broad SMARTS) is 1. The summed E-state index contributed by atoms with van der Waals surface area (Å²) in [6, 6.07) is 0. The first kappa shape index (κ1) is 21.0. The van der Waals surface area contributed by atoms with Crippen molar-refractivity contribution in [2.75, 3.05) is 0 Å². The molecule has 3 nitrogen and oxygen atoms in total. The molecule has 128 valence electrons. The zero-order chi connectivity index (χ0) is 17.0. The summed E-state index contributed by atoms with van der Waals surface area (Å²) in [5.74, 6) is -0.684. The Morgan fingerprint density at radius 1 is 0.652 bits per heavy atom. The highest BCUT2D eigenvalue weighted by Gasteiger charge is 1.96. The van der Waals surface area contributed by atoms with E-state index in [4.69, 9.17) is 10.2 Å². The first-order valence-corrected chi connectivity index (χ1v) is 8.45. The van der Waals surface area contributed by atoms with Gasteiger partial charge in [0.05, 0.1) is 6.26 Å². The fourth-order valence-electron chi connectivity index (χ4n) is 2.03. The second-order valence-corrected chi connectivity index (χ2v) is 5.33. The number of hydrogen-bond acceptors (Lipinski definition) is 2. The number of hydrogen-bond donors (Lipinski definition) is 2. The lowest BCUT2D eigenvalue weighted by Crippen LogP contribution is -1.93. The predicted octanol–water partition coefficient (Wildman–Crippen LogP) is 5.88. The first-order valence-electron chi connectivity index (χ1n) is 8.45. The third-order valence-electron chi connectivity index (χ3n) is 3.26. The van der Waals surface area contributed by atoms with Crippen molar-refractivity contribution >= 4 is 5.97 Å². The van der Waals surface area contributed by atoms with Crippen LogP contribution in [-0.2, 0) is 4.79 Å². The van der Waals surface area contributed by atoms with Gasteiger partial charge in [-0.2, -0.15) is 0 Å². The van der Waals surface area contributed by atoms with Crippen LogP contribution >= 0.6 is 0 Å². The van der Waals surface area contributed by atoms with Crippen LogP contribution in [0.4, 0.5) is 0 Å². The zero-order valence-electron chi connectivity index (χ0n) is 13.9. The van der Waals surface area contributed by atoms with Crippen molar-refractivity contribution in [3.63, 3.8) is 0 Å². The molecule has 0 aliphatic rings. The molecule has 0 aromatic rings. The molecule has 0 atom stereocenters. The molecule has 23 heavy (non-hydrogen) atoms. The van der Waals surface area contributed by atoms with E-state index in [0.29, 0.717) is 6.42 Å². The van der Waals surface area contributed by atoms with E-state index in [1.54, 1.807) is 12.2 Å². The number of aliphatic hydroxyl groups excluding tert-OH is 1. The Bertz CT molecular complexity index is 415. The molecule has 0 aromatic heterocycles. The summed E-state index contributed by atoms with van der Waals surface area (Å²) in [4.78, 5) is 10.3. The van der Waals surface area contributed by atoms with Crippen LogP contribution < -0.4 is 0 Å². The quantitative estimate of drug-likeness (QED) is 0.239. The van der Waals surface area contributed by atoms with Gasteiger partial charge in [0, 0.05) is 6.42 Å². The summed E-state index contributed by atoms with van der Waals surface area (Å²) < 4.78 is 0. The largest absolute Gasteiger partial charge is 0.516 e. The van der Waals surface area contributed by atoms with Crippen molar-refractivity contribution in [2.24, 2.45) is 0 Å². The average molecular weight is 318 g/mol. The Morgan fingerprint density at radius 2 is 1.13 bits per heavy atom. The van der Waals surface area contributed by atoms with E-state index in [1.807, 2.05) is 30.4 Å². The molecule has 0 bridgehead atoms. The van der Waals surface area contributed by atoms with Gasteiger partial charge in [0.1, 0.15) is 0 Å². The number of carboxylic acids is 1. The normalized spacial score (nSPS) is 12.7. The summed E-state index contributed by atoms with van der Waals surface area (Å²) in [6.45, 7) is 0. The van der Waals surface area contributed by atoms with Crippen LogP contribution in [-0.4, -0.2) is 16.2 Å². The lowest BCUT2D eigenvalue weighted by Gasteiger charge is -1.99. The fourth-order valence-corrected chi connectivity index (χ4v) is 2.03. The lowest BCUT2D eigenvalue weighted by atomic mass is 10.1. The van der Waals surface area contributed by atoms with Gasteiger partial charge in [0.15, 0.2) is 0 Å². The molecule has 0 saturated carbocycles. The van der Waals surface area contributed by atoms with Gasteiger partial charge in [0.2, 0.25) is 0 Å². The van der Waals surface area contributed by atoms with Gasteiger partial charge in [-0.05, 0) is 25.3 Å². The third-order valence-corrected chi connectivity index (χ3v) is 3.26. The minimum Gasteiger partial charge on any atom is -0.516 e. The van der Waals surface area contributed by atoms with Gasteiger partial charge in [-0.25, -0.2) is 0 Å². The second kappa shape index (κ2) is 18.0. The molecule has 0 amide bonds. The SMILES string of the molecule is O=C(O)CCCCCCCCCC=CC=CC=CC=CC=CO. The van der Waals surface area contributed by atoms with Crippen molar-refractivity contribution in [1.82, 2.24) is 0 Å². The maximum absolute atomic E-state index is 10.3. The minimum atomic E-state index is -0.684. The summed E-state index contributed by atoms with van der Waals surface area (Å²) in [6.07, 6.45) is 27.6. The summed E-state index contributed by atoms with van der Waals surface area (Å²) in [5.41, 5.74) is 0. The smallest absolute Gasteiger partial charge is 0.303 e. The summed E-state index contributed by atoms with van der Waals surface area (Å²) >= 11 is 0. The highest BCUT2D eigenvalue weighted by molar-refractivity contribution is 5.66. The van der Waals surface area contributed by atoms with Crippen LogP contribution in [0.15, 0.2) is 60.9 Å². The van der Waals surface area contributed by atoms with Crippen LogP contribution in [0.25, 0.3) is 0 Å². The van der Waals surface area contributed by atoms with Gasteiger partial charge in [-0.1, -0.05) is 80.7 Å². The number of aliphatic hydroxyl groups is 1. The molecule has 0 aromatic carbocycles. The molecule has 0 unspecified atom stereocenters. The topological polar surface area (TPSA) is 57.5 Å². The van der Waals surface area contributed by atoms with Crippen molar-refractivity contribution in [3.8, 4) is 0 Å². The first-order chi connectivity index (χ1) is 11.3. The van der Waals surface area contributed by atoms with Crippen LogP contribution in [0.2, 0.25) is 0 Å². The Morgan fingerprint density at radius 3 is 1.70 bits per heavy atom. The Hall–Kier alpha value is -2.03. The maximum Gasteiger partial charge on any atom is 0.303 e. The average Bonchev–Trinajstić information content (AvgIpc) is 2.53. The number of carbonyl (C=O) groups is 1. The Kier molecular flexibility index (Phi) is 16.4. The Balaban J connectivity index is 3.35. The van der Waals surface area contributed by atoms with Crippen LogP contribution in [0.1, 0.15) is 57.8 Å². The molecule has 0 saturated heterocycles. The van der Waals surface area contributed by atoms with E-state index in [9.17, 15) is 4.79 Å². The summed E-state index contributed by atoms with van der Waals surface area (Å²) in [5, 5.41) is 16.9. The minimum absolute atomic E-state index is 0.309. The third kappa shape index (κ3) is 20.0. The highest BCUT2D eigenvalue weighted by Crippen LogP contribution is 2.09. The van der Waals surface area contributed by atoms with Crippen LogP contribution in [0.5, 0.6) is 0 Å². The van der Waals surface area contributed by atoms with Gasteiger partial charge in [-0.15, -0.1) is 0 Å². The molecule has 0 aliphatic carbocycles. The van der Waals surface area contributed by atoms with Crippen LogP contribution in [0.3, 0.4) is 0 Å². The molecular weight excluding hydrogens is 288 g/mol. The van der Waals surface area contributed by atoms with Crippen molar-refractivity contribution in [1.29, 1.82) is 0 Å². The monoisotopic (exact) mass is 318 g/mol. The number of aliphatic carboxylic acids is 1. The van der Waals surface area contributed by atoms with Gasteiger partial charge in [-0.3, -0.25) is 4.79 Å². The molecular formula is C20H30O3. The second-order valence-electron chi connectivity index (χ2n) is 5.33. The summed E-state index contributed by atoms with van der Waals surface area (Å²) in [7, 11) is 0. The van der Waals surface area contributed by atoms with Gasteiger partial charge in [0.25, 0.3) is 0 Å². The van der Waals surface area contributed by atoms with E-state index >= 15 is 0 Å².